The van der Waals surface area contributed by atoms with Gasteiger partial charge in [0.15, 0.2) is 0 Å². The first-order valence-corrected chi connectivity index (χ1v) is 14.1. The van der Waals surface area contributed by atoms with Crippen molar-refractivity contribution in [2.75, 3.05) is 30.7 Å². The van der Waals surface area contributed by atoms with Gasteiger partial charge in [0, 0.05) is 37.1 Å². The van der Waals surface area contributed by atoms with Gasteiger partial charge in [-0.2, -0.15) is 14.5 Å². The molecule has 4 aromatic heterocycles. The Balaban J connectivity index is 1.29. The second kappa shape index (κ2) is 8.99. The normalized spacial score (nSPS) is 15.6. The maximum absolute atomic E-state index is 12.3. The van der Waals surface area contributed by atoms with Gasteiger partial charge in [0.25, 0.3) is 0 Å². The van der Waals surface area contributed by atoms with Crippen molar-refractivity contribution in [3.8, 4) is 16.9 Å². The zero-order valence-corrected chi connectivity index (χ0v) is 21.5. The molecular weight excluding hydrogens is 512 g/mol. The fraction of sp³-hybridized carbons (Fsp3) is 0.261. The summed E-state index contributed by atoms with van der Waals surface area (Å²) in [5, 5.41) is 14.0. The summed E-state index contributed by atoms with van der Waals surface area (Å²) in [6, 6.07) is 9.66. The molecule has 1 aliphatic rings. The number of hydrogen-bond donors (Lipinski definition) is 2. The van der Waals surface area contributed by atoms with Gasteiger partial charge in [-0.3, -0.25) is 4.68 Å². The van der Waals surface area contributed by atoms with Gasteiger partial charge in [0.2, 0.25) is 16.0 Å². The van der Waals surface area contributed by atoms with Crippen LogP contribution in [0.1, 0.15) is 6.92 Å². The van der Waals surface area contributed by atoms with E-state index in [-0.39, 0.29) is 12.3 Å². The van der Waals surface area contributed by atoms with Crippen LogP contribution in [-0.2, 0) is 15.6 Å². The molecule has 3 N–H and O–H groups in total. The molecule has 0 aliphatic carbocycles. The maximum Gasteiger partial charge on any atom is 0.228 e. The smallest absolute Gasteiger partial charge is 0.228 e. The van der Waals surface area contributed by atoms with Crippen molar-refractivity contribution in [1.82, 2.24) is 38.8 Å². The number of thiophene rings is 1. The number of nitrogens with one attached hydrogen (secondary N) is 1. The van der Waals surface area contributed by atoms with Crippen LogP contribution in [0.15, 0.2) is 60.8 Å². The van der Waals surface area contributed by atoms with Crippen molar-refractivity contribution in [3.63, 3.8) is 0 Å². The highest BCUT2D eigenvalue weighted by Crippen LogP contribution is 2.35. The van der Waals surface area contributed by atoms with Crippen LogP contribution in [0.3, 0.4) is 0 Å². The van der Waals surface area contributed by atoms with E-state index in [4.69, 9.17) is 10.7 Å². The zero-order chi connectivity index (χ0) is 25.6. The first kappa shape index (κ1) is 23.7. The Morgan fingerprint density at radius 3 is 2.65 bits per heavy atom. The number of fused-ring (bicyclic) bond motifs is 1. The predicted octanol–water partition coefficient (Wildman–Crippen LogP) is 2.20. The third-order valence-electron chi connectivity index (χ3n) is 6.53. The lowest BCUT2D eigenvalue weighted by Gasteiger charge is -2.48. The summed E-state index contributed by atoms with van der Waals surface area (Å²) >= 11 is 1.56. The van der Waals surface area contributed by atoms with Crippen LogP contribution in [-0.4, -0.2) is 72.6 Å². The average molecular weight is 537 g/mol. The Labute approximate surface area is 216 Å². The molecule has 1 fully saturated rings. The molecule has 1 aliphatic heterocycles. The van der Waals surface area contributed by atoms with Crippen molar-refractivity contribution >= 4 is 43.2 Å². The Morgan fingerprint density at radius 2 is 1.95 bits per heavy atom. The van der Waals surface area contributed by atoms with Crippen molar-refractivity contribution in [2.45, 2.75) is 12.5 Å². The van der Waals surface area contributed by atoms with Crippen molar-refractivity contribution in [2.24, 2.45) is 5.73 Å². The molecule has 1 aromatic carbocycles. The minimum Gasteiger partial charge on any atom is -0.328 e. The van der Waals surface area contributed by atoms with Crippen LogP contribution in [0, 0.1) is 0 Å². The lowest BCUT2D eigenvalue weighted by molar-refractivity contribution is 0.0759. The van der Waals surface area contributed by atoms with Gasteiger partial charge in [-0.25, -0.2) is 28.1 Å². The molecular formula is C23H24N10O2S2. The Bertz CT molecular complexity index is 1650. The van der Waals surface area contributed by atoms with E-state index in [1.54, 1.807) is 40.1 Å². The van der Waals surface area contributed by atoms with Crippen molar-refractivity contribution < 1.29 is 8.42 Å². The van der Waals surface area contributed by atoms with Crippen molar-refractivity contribution in [1.29, 1.82) is 0 Å². The lowest BCUT2D eigenvalue weighted by atomic mass is 9.93. The minimum absolute atomic E-state index is 0.0637. The Kier molecular flexibility index (Phi) is 5.75. The van der Waals surface area contributed by atoms with E-state index in [9.17, 15) is 8.42 Å². The van der Waals surface area contributed by atoms with Gasteiger partial charge in [0.05, 0.1) is 33.5 Å². The van der Waals surface area contributed by atoms with Gasteiger partial charge < -0.3 is 11.1 Å². The molecule has 0 bridgehead atoms. The van der Waals surface area contributed by atoms with Crippen LogP contribution in [0.4, 0.5) is 11.6 Å². The van der Waals surface area contributed by atoms with Gasteiger partial charge in [-0.15, -0.1) is 11.3 Å². The molecule has 12 nitrogen and oxygen atoms in total. The largest absolute Gasteiger partial charge is 0.328 e. The summed E-state index contributed by atoms with van der Waals surface area (Å²) in [6.07, 6.45) is 6.76. The SMILES string of the molecule is CCS(=O)(=O)N1CC(CN)(n2cc(-c3nc(Nc4ccc(-n5cncn5)cc4)nc4ccsc34)cn2)C1. The third kappa shape index (κ3) is 4.17. The van der Waals surface area contributed by atoms with Gasteiger partial charge in [0.1, 0.15) is 18.2 Å². The molecule has 5 heterocycles. The quantitative estimate of drug-likeness (QED) is 0.304. The molecule has 0 saturated carbocycles. The zero-order valence-electron chi connectivity index (χ0n) is 19.9. The summed E-state index contributed by atoms with van der Waals surface area (Å²) in [5.41, 5.74) is 9.62. The molecule has 0 spiro atoms. The summed E-state index contributed by atoms with van der Waals surface area (Å²) in [4.78, 5) is 13.5. The molecule has 14 heteroatoms. The molecule has 1 saturated heterocycles. The maximum atomic E-state index is 12.3. The van der Waals surface area contributed by atoms with Crippen LogP contribution >= 0.6 is 11.3 Å². The third-order valence-corrected chi connectivity index (χ3v) is 9.22. The molecule has 0 radical (unpaired) electrons. The molecule has 0 atom stereocenters. The number of rotatable bonds is 8. The monoisotopic (exact) mass is 536 g/mol. The minimum atomic E-state index is -3.27. The van der Waals surface area contributed by atoms with Crippen LogP contribution in [0.2, 0.25) is 0 Å². The number of sulfonamides is 1. The standard InChI is InChI=1S/C23H24N10O2S2/c1-2-37(34,35)31-12-23(11-24,13-31)33-10-16(9-26-33)20-21-19(7-8-36-21)29-22(30-20)28-17-3-5-18(6-4-17)32-15-25-14-27-32/h3-10,14-15H,2,11-13,24H2,1H3,(H,28,29,30). The van der Waals surface area contributed by atoms with E-state index in [2.05, 4.69) is 25.5 Å². The highest BCUT2D eigenvalue weighted by Gasteiger charge is 2.48. The number of hydrogen-bond acceptors (Lipinski definition) is 10. The molecule has 0 unspecified atom stereocenters. The van der Waals surface area contributed by atoms with E-state index in [1.807, 2.05) is 41.9 Å². The van der Waals surface area contributed by atoms with E-state index in [1.165, 1.54) is 10.6 Å². The number of anilines is 2. The average Bonchev–Trinajstić information content (AvgIpc) is 3.66. The van der Waals surface area contributed by atoms with Crippen molar-refractivity contribution in [3.05, 3.63) is 60.8 Å². The highest BCUT2D eigenvalue weighted by atomic mass is 32.2. The lowest BCUT2D eigenvalue weighted by Crippen LogP contribution is -2.67. The predicted molar refractivity (Wildman–Crippen MR) is 141 cm³/mol. The van der Waals surface area contributed by atoms with Crippen LogP contribution < -0.4 is 11.1 Å². The van der Waals surface area contributed by atoms with E-state index >= 15 is 0 Å². The van der Waals surface area contributed by atoms with Crippen LogP contribution in [0.25, 0.3) is 27.2 Å². The number of aromatic nitrogens is 7. The van der Waals surface area contributed by atoms with Gasteiger partial charge >= 0.3 is 0 Å². The Hall–Kier alpha value is -3.72. The van der Waals surface area contributed by atoms with E-state index in [0.29, 0.717) is 19.0 Å². The second-order valence-electron chi connectivity index (χ2n) is 8.81. The molecule has 0 amide bonds. The fourth-order valence-electron chi connectivity index (χ4n) is 4.34. The number of nitrogens with zero attached hydrogens (tertiary/aromatic N) is 8. The molecule has 190 valence electrons. The number of benzene rings is 1. The summed E-state index contributed by atoms with van der Waals surface area (Å²) in [5.74, 6) is 0.522. The topological polar surface area (TPSA) is 150 Å². The first-order valence-electron chi connectivity index (χ1n) is 11.6. The summed E-state index contributed by atoms with van der Waals surface area (Å²) < 4.78 is 30.4. The highest BCUT2D eigenvalue weighted by molar-refractivity contribution is 7.89. The van der Waals surface area contributed by atoms with Gasteiger partial charge in [-0.05, 0) is 42.6 Å². The molecule has 37 heavy (non-hydrogen) atoms. The second-order valence-corrected chi connectivity index (χ2v) is 12.0. The van der Waals surface area contributed by atoms with E-state index < -0.39 is 15.6 Å². The Morgan fingerprint density at radius 1 is 1.14 bits per heavy atom. The first-order chi connectivity index (χ1) is 17.9. The van der Waals surface area contributed by atoms with Crippen LogP contribution in [0.5, 0.6) is 0 Å². The molecule has 5 aromatic rings. The summed E-state index contributed by atoms with van der Waals surface area (Å²) in [7, 11) is -3.27. The number of nitrogens with two attached hydrogens (primary N) is 1. The fourth-order valence-corrected chi connectivity index (χ4v) is 6.43. The molecule has 6 rings (SSSR count). The van der Waals surface area contributed by atoms with Gasteiger partial charge in [-0.1, -0.05) is 0 Å². The van der Waals surface area contributed by atoms with E-state index in [0.717, 1.165) is 32.8 Å². The summed E-state index contributed by atoms with van der Waals surface area (Å²) in [6.45, 7) is 2.52.